The average molecular weight is 400 g/mol. The minimum atomic E-state index is 0.0602. The fraction of sp³-hybridized carbons (Fsp3) is 0.696. The third-order valence-corrected chi connectivity index (χ3v) is 7.79. The standard InChI is InChI=1S/C23H33N3OS/c1-4-23(2,3)18-10-11-20-16(13-18)12-17(14-24)22(26-20)28-15-21(27)25-19-8-6-5-7-9-19/h12,18-19H,4-11,13,15H2,1-3H3,(H,25,27). The fourth-order valence-electron chi connectivity index (χ4n) is 4.44. The zero-order valence-corrected chi connectivity index (χ0v) is 18.3. The van der Waals surface area contributed by atoms with Gasteiger partial charge in [0.2, 0.25) is 5.91 Å². The molecule has 1 saturated carbocycles. The summed E-state index contributed by atoms with van der Waals surface area (Å²) in [4.78, 5) is 17.1. The predicted octanol–water partition coefficient (Wildman–Crippen LogP) is 5.04. The average Bonchev–Trinajstić information content (AvgIpc) is 2.71. The van der Waals surface area contributed by atoms with Gasteiger partial charge in [-0.05, 0) is 55.1 Å². The van der Waals surface area contributed by atoms with Crippen molar-refractivity contribution in [3.8, 4) is 6.07 Å². The molecule has 152 valence electrons. The number of rotatable bonds is 6. The molecular formula is C23H33N3OS. The quantitative estimate of drug-likeness (QED) is 0.681. The summed E-state index contributed by atoms with van der Waals surface area (Å²) < 4.78 is 0. The Morgan fingerprint density at radius 3 is 2.75 bits per heavy atom. The van der Waals surface area contributed by atoms with Crippen LogP contribution in [0.5, 0.6) is 0 Å². The summed E-state index contributed by atoms with van der Waals surface area (Å²) in [5.74, 6) is 1.03. The number of pyridine rings is 1. The van der Waals surface area contributed by atoms with E-state index in [9.17, 15) is 10.1 Å². The Hall–Kier alpha value is -1.54. The van der Waals surface area contributed by atoms with Crippen LogP contribution in [0.2, 0.25) is 0 Å². The zero-order chi connectivity index (χ0) is 20.1. The van der Waals surface area contributed by atoms with E-state index in [1.54, 1.807) is 0 Å². The molecule has 2 aliphatic rings. The number of nitrogens with one attached hydrogen (secondary N) is 1. The van der Waals surface area contributed by atoms with E-state index in [4.69, 9.17) is 4.98 Å². The Kier molecular flexibility index (Phi) is 7.04. The summed E-state index contributed by atoms with van der Waals surface area (Å²) in [6.07, 6.45) is 10.2. The molecule has 1 unspecified atom stereocenters. The van der Waals surface area contributed by atoms with E-state index in [-0.39, 0.29) is 5.91 Å². The molecule has 1 aromatic rings. The van der Waals surface area contributed by atoms with Gasteiger partial charge in [0, 0.05) is 11.7 Å². The lowest BCUT2D eigenvalue weighted by Gasteiger charge is -2.37. The SMILES string of the molecule is CCC(C)(C)C1CCc2nc(SCC(=O)NC3CCCCC3)c(C#N)cc2C1. The highest BCUT2D eigenvalue weighted by Crippen LogP contribution is 2.40. The van der Waals surface area contributed by atoms with Crippen LogP contribution in [0.3, 0.4) is 0 Å². The Morgan fingerprint density at radius 2 is 2.07 bits per heavy atom. The van der Waals surface area contributed by atoms with Gasteiger partial charge in [-0.2, -0.15) is 5.26 Å². The van der Waals surface area contributed by atoms with E-state index >= 15 is 0 Å². The van der Waals surface area contributed by atoms with Gasteiger partial charge in [0.05, 0.1) is 11.3 Å². The molecule has 0 spiro atoms. The molecule has 1 N–H and O–H groups in total. The lowest BCUT2D eigenvalue weighted by Crippen LogP contribution is -2.37. The zero-order valence-electron chi connectivity index (χ0n) is 17.5. The van der Waals surface area contributed by atoms with Gasteiger partial charge < -0.3 is 5.32 Å². The summed E-state index contributed by atoms with van der Waals surface area (Å²) in [5, 5.41) is 13.5. The molecule has 2 aliphatic carbocycles. The molecule has 5 heteroatoms. The number of aromatic nitrogens is 1. The number of nitrogens with zero attached hydrogens (tertiary/aromatic N) is 2. The van der Waals surface area contributed by atoms with Crippen LogP contribution >= 0.6 is 11.8 Å². The van der Waals surface area contributed by atoms with Crippen LogP contribution in [0.4, 0.5) is 0 Å². The first-order chi connectivity index (χ1) is 13.4. The number of hydrogen-bond donors (Lipinski definition) is 1. The third-order valence-electron chi connectivity index (χ3n) is 6.80. The van der Waals surface area contributed by atoms with Crippen LogP contribution in [0.25, 0.3) is 0 Å². The van der Waals surface area contributed by atoms with Gasteiger partial charge in [-0.25, -0.2) is 4.98 Å². The second kappa shape index (κ2) is 9.31. The van der Waals surface area contributed by atoms with Crippen molar-refractivity contribution in [3.05, 3.63) is 22.9 Å². The molecule has 0 bridgehead atoms. The van der Waals surface area contributed by atoms with Gasteiger partial charge in [0.25, 0.3) is 0 Å². The van der Waals surface area contributed by atoms with Gasteiger partial charge >= 0.3 is 0 Å². The maximum Gasteiger partial charge on any atom is 0.230 e. The molecule has 0 aliphatic heterocycles. The number of thioether (sulfide) groups is 1. The van der Waals surface area contributed by atoms with Gasteiger partial charge in [-0.3, -0.25) is 4.79 Å². The first-order valence-electron chi connectivity index (χ1n) is 10.8. The second-order valence-electron chi connectivity index (χ2n) is 9.03. The van der Waals surface area contributed by atoms with Crippen molar-refractivity contribution >= 4 is 17.7 Å². The van der Waals surface area contributed by atoms with Crippen molar-refractivity contribution in [2.24, 2.45) is 11.3 Å². The molecular weight excluding hydrogens is 366 g/mol. The maximum atomic E-state index is 12.3. The van der Waals surface area contributed by atoms with Crippen LogP contribution in [-0.2, 0) is 17.6 Å². The minimum absolute atomic E-state index is 0.0602. The number of fused-ring (bicyclic) bond motifs is 1. The lowest BCUT2D eigenvalue weighted by molar-refractivity contribution is -0.119. The molecule has 0 saturated heterocycles. The van der Waals surface area contributed by atoms with Crippen LogP contribution in [0, 0.1) is 22.7 Å². The second-order valence-corrected chi connectivity index (χ2v) is 10.00. The van der Waals surface area contributed by atoms with E-state index < -0.39 is 0 Å². The summed E-state index contributed by atoms with van der Waals surface area (Å²) in [6.45, 7) is 6.94. The minimum Gasteiger partial charge on any atom is -0.353 e. The summed E-state index contributed by atoms with van der Waals surface area (Å²) in [6, 6.07) is 4.66. The Morgan fingerprint density at radius 1 is 1.32 bits per heavy atom. The number of nitriles is 1. The van der Waals surface area contributed by atoms with E-state index in [1.165, 1.54) is 36.6 Å². The van der Waals surface area contributed by atoms with Crippen LogP contribution in [0.15, 0.2) is 11.1 Å². The Labute approximate surface area is 173 Å². The summed E-state index contributed by atoms with van der Waals surface area (Å²) in [5.41, 5.74) is 3.28. The van der Waals surface area contributed by atoms with Crippen molar-refractivity contribution in [3.63, 3.8) is 0 Å². The number of carbonyl (C=O) groups excluding carboxylic acids is 1. The summed E-state index contributed by atoms with van der Waals surface area (Å²) >= 11 is 1.41. The molecule has 1 amide bonds. The van der Waals surface area contributed by atoms with E-state index in [0.717, 1.165) is 44.2 Å². The molecule has 1 fully saturated rings. The Bertz CT molecular complexity index is 747. The smallest absolute Gasteiger partial charge is 0.230 e. The lowest BCUT2D eigenvalue weighted by atomic mass is 9.69. The summed E-state index contributed by atoms with van der Waals surface area (Å²) in [7, 11) is 0. The molecule has 28 heavy (non-hydrogen) atoms. The Balaban J connectivity index is 1.65. The number of hydrogen-bond acceptors (Lipinski definition) is 4. The molecule has 3 rings (SSSR count). The van der Waals surface area contributed by atoms with Crippen LogP contribution < -0.4 is 5.32 Å². The van der Waals surface area contributed by atoms with E-state index in [2.05, 4.69) is 32.2 Å². The third kappa shape index (κ3) is 5.08. The van der Waals surface area contributed by atoms with Crippen molar-refractivity contribution in [2.45, 2.75) is 89.6 Å². The van der Waals surface area contributed by atoms with Crippen molar-refractivity contribution < 1.29 is 4.79 Å². The first-order valence-corrected chi connectivity index (χ1v) is 11.8. The topological polar surface area (TPSA) is 65.8 Å². The van der Waals surface area contributed by atoms with Crippen LogP contribution in [-0.4, -0.2) is 22.7 Å². The largest absolute Gasteiger partial charge is 0.353 e. The molecule has 0 radical (unpaired) electrons. The monoisotopic (exact) mass is 399 g/mol. The van der Waals surface area contributed by atoms with Gasteiger partial charge in [-0.15, -0.1) is 0 Å². The number of carbonyl (C=O) groups is 1. The molecule has 1 atom stereocenters. The van der Waals surface area contributed by atoms with Gasteiger partial charge in [0.1, 0.15) is 11.1 Å². The van der Waals surface area contributed by atoms with Crippen LogP contribution in [0.1, 0.15) is 82.5 Å². The normalized spacial score (nSPS) is 20.3. The fourth-order valence-corrected chi connectivity index (χ4v) is 5.23. The molecule has 0 aromatic carbocycles. The van der Waals surface area contributed by atoms with Crippen molar-refractivity contribution in [2.75, 3.05) is 5.75 Å². The highest BCUT2D eigenvalue weighted by molar-refractivity contribution is 8.00. The molecule has 1 heterocycles. The highest BCUT2D eigenvalue weighted by Gasteiger charge is 2.32. The van der Waals surface area contributed by atoms with Crippen molar-refractivity contribution in [1.82, 2.24) is 10.3 Å². The maximum absolute atomic E-state index is 12.3. The molecule has 1 aromatic heterocycles. The highest BCUT2D eigenvalue weighted by atomic mass is 32.2. The molecule has 4 nitrogen and oxygen atoms in total. The predicted molar refractivity (Wildman–Crippen MR) is 114 cm³/mol. The van der Waals surface area contributed by atoms with Gasteiger partial charge in [-0.1, -0.05) is 58.2 Å². The number of amides is 1. The van der Waals surface area contributed by atoms with Crippen molar-refractivity contribution in [1.29, 1.82) is 5.26 Å². The first kappa shape index (κ1) is 21.2. The number of aryl methyl sites for hydroxylation is 1. The van der Waals surface area contributed by atoms with E-state index in [1.807, 2.05) is 6.07 Å². The van der Waals surface area contributed by atoms with Gasteiger partial charge in [0.15, 0.2) is 0 Å². The van der Waals surface area contributed by atoms with E-state index in [0.29, 0.717) is 33.7 Å².